The van der Waals surface area contributed by atoms with Gasteiger partial charge in [0.2, 0.25) is 0 Å². The summed E-state index contributed by atoms with van der Waals surface area (Å²) in [6.07, 6.45) is 2.40. The van der Waals surface area contributed by atoms with Gasteiger partial charge in [-0.2, -0.15) is 0 Å². The van der Waals surface area contributed by atoms with Crippen LogP contribution in [0.4, 0.5) is 0 Å². The van der Waals surface area contributed by atoms with Crippen molar-refractivity contribution in [1.82, 2.24) is 4.90 Å². The number of aliphatic hydroxyl groups is 1. The van der Waals surface area contributed by atoms with Crippen LogP contribution in [0.2, 0.25) is 0 Å². The molecule has 2 aromatic carbocycles. The lowest BCUT2D eigenvalue weighted by Crippen LogP contribution is -2.29. The van der Waals surface area contributed by atoms with Gasteiger partial charge in [0.15, 0.2) is 0 Å². The van der Waals surface area contributed by atoms with Gasteiger partial charge < -0.3 is 19.2 Å². The van der Waals surface area contributed by atoms with Crippen LogP contribution < -0.4 is 4.74 Å². The summed E-state index contributed by atoms with van der Waals surface area (Å²) in [4.78, 5) is 27.7. The molecule has 2 heterocycles. The van der Waals surface area contributed by atoms with Crippen LogP contribution in [0.1, 0.15) is 47.9 Å². The van der Waals surface area contributed by atoms with E-state index in [4.69, 9.17) is 9.15 Å². The van der Waals surface area contributed by atoms with E-state index >= 15 is 0 Å². The Balaban J connectivity index is 1.83. The summed E-state index contributed by atoms with van der Waals surface area (Å²) in [6, 6.07) is 15.7. The lowest BCUT2D eigenvalue weighted by Gasteiger charge is -2.24. The molecule has 0 aliphatic carbocycles. The second-order valence-electron chi connectivity index (χ2n) is 8.01. The molecule has 0 spiro atoms. The van der Waals surface area contributed by atoms with Crippen molar-refractivity contribution in [1.29, 1.82) is 0 Å². The van der Waals surface area contributed by atoms with Crippen molar-refractivity contribution >= 4 is 17.4 Å². The largest absolute Gasteiger partial charge is 0.507 e. The number of likely N-dealkylation sites (tertiary alicyclic amines) is 1. The van der Waals surface area contributed by atoms with Gasteiger partial charge in [0.05, 0.1) is 31.0 Å². The van der Waals surface area contributed by atoms with Crippen molar-refractivity contribution in [2.75, 3.05) is 6.61 Å². The fourth-order valence-electron chi connectivity index (χ4n) is 4.17. The highest BCUT2D eigenvalue weighted by molar-refractivity contribution is 6.46. The van der Waals surface area contributed by atoms with Crippen LogP contribution in [0.3, 0.4) is 0 Å². The number of hydrogen-bond acceptors (Lipinski definition) is 5. The van der Waals surface area contributed by atoms with Gasteiger partial charge in [0.1, 0.15) is 17.3 Å². The predicted octanol–water partition coefficient (Wildman–Crippen LogP) is 5.17. The zero-order valence-electron chi connectivity index (χ0n) is 19.0. The maximum Gasteiger partial charge on any atom is 0.296 e. The average Bonchev–Trinajstić information content (AvgIpc) is 3.42. The molecule has 4 rings (SSSR count). The molecule has 1 saturated heterocycles. The molecule has 0 radical (unpaired) electrons. The molecular formula is C27H27NO5. The number of carbonyl (C=O) groups is 2. The van der Waals surface area contributed by atoms with Gasteiger partial charge in [-0.25, -0.2) is 0 Å². The minimum Gasteiger partial charge on any atom is -0.507 e. The van der Waals surface area contributed by atoms with Gasteiger partial charge in [-0.3, -0.25) is 9.59 Å². The molecule has 3 aromatic rings. The second kappa shape index (κ2) is 9.36. The number of hydrogen-bond donors (Lipinski definition) is 1. The molecule has 6 heteroatoms. The molecule has 1 amide bonds. The topological polar surface area (TPSA) is 80.0 Å². The number of ether oxygens (including phenoxy) is 1. The molecule has 1 aliphatic heterocycles. The Hall–Kier alpha value is -3.80. The number of aryl methyl sites for hydroxylation is 2. The fraction of sp³-hybridized carbons (Fsp3) is 0.259. The first-order chi connectivity index (χ1) is 15.9. The third-order valence-corrected chi connectivity index (χ3v) is 5.90. The van der Waals surface area contributed by atoms with Gasteiger partial charge in [0, 0.05) is 5.56 Å². The van der Waals surface area contributed by atoms with Crippen molar-refractivity contribution in [3.63, 3.8) is 0 Å². The first-order valence-corrected chi connectivity index (χ1v) is 11.1. The Morgan fingerprint density at radius 3 is 2.45 bits per heavy atom. The predicted molar refractivity (Wildman–Crippen MR) is 125 cm³/mol. The molecule has 1 fully saturated rings. The quantitative estimate of drug-likeness (QED) is 0.308. The second-order valence-corrected chi connectivity index (χ2v) is 8.01. The lowest BCUT2D eigenvalue weighted by molar-refractivity contribution is -0.140. The van der Waals surface area contributed by atoms with E-state index in [0.29, 0.717) is 23.7 Å². The number of carbonyl (C=O) groups excluding carboxylic acids is 2. The van der Waals surface area contributed by atoms with Crippen molar-refractivity contribution in [2.24, 2.45) is 0 Å². The maximum atomic E-state index is 13.2. The summed E-state index contributed by atoms with van der Waals surface area (Å²) < 4.78 is 11.0. The third kappa shape index (κ3) is 4.29. The maximum absolute atomic E-state index is 13.2. The number of nitrogens with zero attached hydrogens (tertiary/aromatic N) is 1. The van der Waals surface area contributed by atoms with E-state index in [1.807, 2.05) is 38.1 Å². The molecule has 1 aliphatic rings. The lowest BCUT2D eigenvalue weighted by atomic mass is 9.94. The van der Waals surface area contributed by atoms with Gasteiger partial charge in [-0.1, -0.05) is 31.2 Å². The van der Waals surface area contributed by atoms with E-state index in [9.17, 15) is 14.7 Å². The first kappa shape index (κ1) is 22.4. The minimum absolute atomic E-state index is 0.0689. The van der Waals surface area contributed by atoms with Crippen LogP contribution in [0.25, 0.3) is 5.76 Å². The molecule has 6 nitrogen and oxygen atoms in total. The smallest absolute Gasteiger partial charge is 0.296 e. The van der Waals surface area contributed by atoms with E-state index in [0.717, 1.165) is 23.1 Å². The van der Waals surface area contributed by atoms with Crippen molar-refractivity contribution in [3.05, 3.63) is 94.4 Å². The number of amides is 1. The van der Waals surface area contributed by atoms with Crippen molar-refractivity contribution in [2.45, 2.75) is 39.8 Å². The molecular weight excluding hydrogens is 418 g/mol. The standard InChI is InChI=1S/C27H27NO5/c1-4-18-8-10-19(11-9-18)24-23(25(29)20-12-13-22(32-5-2)17(3)15-20)26(30)27(31)28(24)16-21-7-6-14-33-21/h6-15,24,29H,4-5,16H2,1-3H3/b25-23-. The zero-order valence-corrected chi connectivity index (χ0v) is 19.0. The van der Waals surface area contributed by atoms with E-state index in [2.05, 4.69) is 6.92 Å². The average molecular weight is 446 g/mol. The summed E-state index contributed by atoms with van der Waals surface area (Å²) in [5.41, 5.74) is 3.25. The van der Waals surface area contributed by atoms with Crippen LogP contribution in [0, 0.1) is 6.92 Å². The Morgan fingerprint density at radius 1 is 1.09 bits per heavy atom. The summed E-state index contributed by atoms with van der Waals surface area (Å²) in [6.45, 7) is 6.48. The molecule has 170 valence electrons. The molecule has 1 unspecified atom stereocenters. The van der Waals surface area contributed by atoms with Crippen LogP contribution in [0.5, 0.6) is 5.75 Å². The van der Waals surface area contributed by atoms with Crippen molar-refractivity contribution < 1.29 is 23.8 Å². The summed E-state index contributed by atoms with van der Waals surface area (Å²) >= 11 is 0. The van der Waals surface area contributed by atoms with Crippen LogP contribution in [-0.4, -0.2) is 28.3 Å². The number of rotatable bonds is 7. The van der Waals surface area contributed by atoms with Gasteiger partial charge in [-0.15, -0.1) is 0 Å². The van der Waals surface area contributed by atoms with Crippen LogP contribution in [-0.2, 0) is 22.6 Å². The SMILES string of the molecule is CCOc1ccc(/C(O)=C2/C(=O)C(=O)N(Cc3ccco3)C2c2ccc(CC)cc2)cc1C. The Kier molecular flexibility index (Phi) is 6.36. The molecule has 33 heavy (non-hydrogen) atoms. The number of Topliss-reactive ketones (excluding diaryl/α,β-unsaturated/α-hetero) is 1. The highest BCUT2D eigenvalue weighted by atomic mass is 16.5. The number of ketones is 1. The summed E-state index contributed by atoms with van der Waals surface area (Å²) in [7, 11) is 0. The summed E-state index contributed by atoms with van der Waals surface area (Å²) in [5.74, 6) is -0.315. The van der Waals surface area contributed by atoms with E-state index in [1.165, 1.54) is 11.2 Å². The van der Waals surface area contributed by atoms with E-state index in [1.54, 1.807) is 30.3 Å². The highest BCUT2D eigenvalue weighted by Gasteiger charge is 2.46. The van der Waals surface area contributed by atoms with Gasteiger partial charge in [0.25, 0.3) is 11.7 Å². The number of benzene rings is 2. The monoisotopic (exact) mass is 445 g/mol. The molecule has 0 saturated carbocycles. The molecule has 1 N–H and O–H groups in total. The molecule has 1 atom stereocenters. The fourth-order valence-corrected chi connectivity index (χ4v) is 4.17. The van der Waals surface area contributed by atoms with Crippen molar-refractivity contribution in [3.8, 4) is 5.75 Å². The first-order valence-electron chi connectivity index (χ1n) is 11.1. The number of aliphatic hydroxyl groups excluding tert-OH is 1. The Bertz CT molecular complexity index is 1190. The van der Waals surface area contributed by atoms with E-state index < -0.39 is 17.7 Å². The van der Waals surface area contributed by atoms with Crippen LogP contribution in [0.15, 0.2) is 70.9 Å². The summed E-state index contributed by atoms with van der Waals surface area (Å²) in [5, 5.41) is 11.2. The molecule has 1 aromatic heterocycles. The number of furan rings is 1. The Labute approximate surface area is 193 Å². The highest BCUT2D eigenvalue weighted by Crippen LogP contribution is 2.40. The van der Waals surface area contributed by atoms with Crippen LogP contribution >= 0.6 is 0 Å². The van der Waals surface area contributed by atoms with Gasteiger partial charge >= 0.3 is 0 Å². The Morgan fingerprint density at radius 2 is 1.85 bits per heavy atom. The van der Waals surface area contributed by atoms with E-state index in [-0.39, 0.29) is 17.9 Å². The zero-order chi connectivity index (χ0) is 23.5. The van der Waals surface area contributed by atoms with Gasteiger partial charge in [-0.05, 0) is 67.3 Å². The molecule has 0 bridgehead atoms. The minimum atomic E-state index is -0.729. The normalized spacial score (nSPS) is 17.5. The third-order valence-electron chi connectivity index (χ3n) is 5.90.